The molecular weight excluding hydrogens is 229 g/mol. The molecular formula is C10H20NO4P. The van der Waals surface area contributed by atoms with E-state index in [2.05, 4.69) is 6.58 Å². The molecule has 1 amide bonds. The fourth-order valence-corrected chi connectivity index (χ4v) is 1.69. The maximum atomic E-state index is 11.6. The van der Waals surface area contributed by atoms with Gasteiger partial charge in [-0.05, 0) is 13.3 Å². The van der Waals surface area contributed by atoms with Crippen molar-refractivity contribution in [1.29, 1.82) is 0 Å². The molecule has 0 aliphatic heterocycles. The minimum atomic E-state index is -4.05. The molecule has 0 aliphatic rings. The minimum absolute atomic E-state index is 0.0793. The highest BCUT2D eigenvalue weighted by Crippen LogP contribution is 2.33. The summed E-state index contributed by atoms with van der Waals surface area (Å²) in [6, 6.07) is 0. The van der Waals surface area contributed by atoms with Crippen LogP contribution in [0.2, 0.25) is 0 Å². The molecule has 0 aromatic rings. The van der Waals surface area contributed by atoms with Crippen LogP contribution in [-0.4, -0.2) is 39.8 Å². The van der Waals surface area contributed by atoms with Crippen molar-refractivity contribution in [2.75, 3.05) is 19.3 Å². The summed E-state index contributed by atoms with van der Waals surface area (Å²) < 4.78 is 10.7. The molecule has 0 radical (unpaired) electrons. The lowest BCUT2D eigenvalue weighted by molar-refractivity contribution is -0.126. The maximum absolute atomic E-state index is 11.6. The fraction of sp³-hybridized carbons (Fsp3) is 0.700. The van der Waals surface area contributed by atoms with E-state index in [4.69, 9.17) is 9.79 Å². The zero-order valence-corrected chi connectivity index (χ0v) is 10.7. The molecule has 0 bridgehead atoms. The Balaban J connectivity index is 4.37. The third-order valence-electron chi connectivity index (χ3n) is 2.10. The minimum Gasteiger partial charge on any atom is -0.338 e. The first-order valence-corrected chi connectivity index (χ1v) is 7.07. The van der Waals surface area contributed by atoms with Gasteiger partial charge in [-0.2, -0.15) is 0 Å². The Bertz CT molecular complexity index is 297. The number of carbonyl (C=O) groups excluding carboxylic acids is 1. The molecule has 94 valence electrons. The molecule has 5 nitrogen and oxygen atoms in total. The number of unbranched alkanes of at least 4 members (excludes halogenated alkanes) is 1. The Morgan fingerprint density at radius 3 is 2.31 bits per heavy atom. The van der Waals surface area contributed by atoms with Crippen molar-refractivity contribution in [3.8, 4) is 0 Å². The average Bonchev–Trinajstić information content (AvgIpc) is 2.15. The fourth-order valence-electron chi connectivity index (χ4n) is 1.18. The van der Waals surface area contributed by atoms with Gasteiger partial charge in [-0.1, -0.05) is 19.9 Å². The third kappa shape index (κ3) is 6.77. The topological polar surface area (TPSA) is 77.8 Å². The Hall–Kier alpha value is -0.640. The van der Waals surface area contributed by atoms with E-state index < -0.39 is 7.60 Å². The van der Waals surface area contributed by atoms with Gasteiger partial charge in [0.2, 0.25) is 5.91 Å². The highest BCUT2D eigenvalue weighted by Gasteiger charge is 2.19. The Kier molecular flexibility index (Phi) is 6.56. The molecule has 2 N–H and O–H groups in total. The second kappa shape index (κ2) is 6.84. The first kappa shape index (κ1) is 15.4. The molecule has 0 aliphatic carbocycles. The van der Waals surface area contributed by atoms with Crippen LogP contribution < -0.4 is 0 Å². The van der Waals surface area contributed by atoms with Gasteiger partial charge in [-0.15, -0.1) is 0 Å². The largest absolute Gasteiger partial charge is 0.338 e. The van der Waals surface area contributed by atoms with Gasteiger partial charge in [-0.3, -0.25) is 9.36 Å². The van der Waals surface area contributed by atoms with Crippen LogP contribution in [0.4, 0.5) is 0 Å². The molecule has 0 rings (SSSR count). The average molecular weight is 249 g/mol. The molecule has 0 saturated heterocycles. The van der Waals surface area contributed by atoms with Crippen molar-refractivity contribution in [2.45, 2.75) is 26.7 Å². The van der Waals surface area contributed by atoms with Gasteiger partial charge in [0, 0.05) is 18.7 Å². The summed E-state index contributed by atoms with van der Waals surface area (Å²) in [7, 11) is -4.05. The Labute approximate surface area is 96.3 Å². The number of nitrogens with zero attached hydrogens (tertiary/aromatic N) is 1. The molecule has 0 atom stereocenters. The van der Waals surface area contributed by atoms with Crippen molar-refractivity contribution in [3.05, 3.63) is 12.2 Å². The highest BCUT2D eigenvalue weighted by atomic mass is 31.2. The van der Waals surface area contributed by atoms with Crippen LogP contribution in [0.1, 0.15) is 26.7 Å². The summed E-state index contributed by atoms with van der Waals surface area (Å²) in [5, 5.41) is 0. The second-order valence-corrected chi connectivity index (χ2v) is 5.59. The van der Waals surface area contributed by atoms with Gasteiger partial charge in [0.1, 0.15) is 0 Å². The monoisotopic (exact) mass is 249 g/mol. The lowest BCUT2D eigenvalue weighted by Crippen LogP contribution is -2.34. The molecule has 0 saturated carbocycles. The third-order valence-corrected chi connectivity index (χ3v) is 2.88. The van der Waals surface area contributed by atoms with E-state index in [1.54, 1.807) is 6.92 Å². The first-order valence-electron chi connectivity index (χ1n) is 5.27. The number of hydrogen-bond acceptors (Lipinski definition) is 2. The lowest BCUT2D eigenvalue weighted by atomic mass is 10.2. The second-order valence-electron chi connectivity index (χ2n) is 3.81. The molecule has 0 aromatic carbocycles. The summed E-state index contributed by atoms with van der Waals surface area (Å²) in [6.45, 7) is 7.73. The Morgan fingerprint density at radius 1 is 1.38 bits per heavy atom. The molecule has 6 heteroatoms. The normalized spacial score (nSPS) is 11.2. The van der Waals surface area contributed by atoms with Crippen molar-refractivity contribution in [3.63, 3.8) is 0 Å². The number of rotatable bonds is 7. The molecule has 0 aromatic heterocycles. The van der Waals surface area contributed by atoms with E-state index in [0.717, 1.165) is 12.8 Å². The van der Waals surface area contributed by atoms with E-state index in [1.165, 1.54) is 4.90 Å². The SMILES string of the molecule is C=C(C)C(=O)N(CCCC)CCP(=O)(O)O. The predicted octanol–water partition coefficient (Wildman–Crippen LogP) is 1.37. The number of amides is 1. The lowest BCUT2D eigenvalue weighted by Gasteiger charge is -2.22. The van der Waals surface area contributed by atoms with E-state index in [-0.39, 0.29) is 18.6 Å². The quantitative estimate of drug-likeness (QED) is 0.527. The number of hydrogen-bond donors (Lipinski definition) is 2. The molecule has 0 heterocycles. The van der Waals surface area contributed by atoms with Gasteiger partial charge in [0.15, 0.2) is 0 Å². The zero-order valence-electron chi connectivity index (χ0n) is 9.85. The first-order chi connectivity index (χ1) is 7.28. The zero-order chi connectivity index (χ0) is 12.8. The molecule has 0 spiro atoms. The van der Waals surface area contributed by atoms with Crippen LogP contribution in [0.25, 0.3) is 0 Å². The summed E-state index contributed by atoms with van der Waals surface area (Å²) in [4.78, 5) is 30.6. The summed E-state index contributed by atoms with van der Waals surface area (Å²) in [5.74, 6) is -0.234. The summed E-state index contributed by atoms with van der Waals surface area (Å²) in [6.07, 6.45) is 1.45. The van der Waals surface area contributed by atoms with E-state index >= 15 is 0 Å². The Morgan fingerprint density at radius 2 is 1.94 bits per heavy atom. The van der Waals surface area contributed by atoms with Crippen molar-refractivity contribution >= 4 is 13.5 Å². The van der Waals surface area contributed by atoms with Crippen molar-refractivity contribution < 1.29 is 19.1 Å². The molecule has 0 unspecified atom stereocenters. The van der Waals surface area contributed by atoms with Crippen LogP contribution in [0.5, 0.6) is 0 Å². The number of carbonyl (C=O) groups is 1. The van der Waals surface area contributed by atoms with Crippen molar-refractivity contribution in [2.24, 2.45) is 0 Å². The van der Waals surface area contributed by atoms with Crippen LogP contribution in [0.15, 0.2) is 12.2 Å². The van der Waals surface area contributed by atoms with E-state index in [1.807, 2.05) is 6.92 Å². The van der Waals surface area contributed by atoms with Crippen LogP contribution in [0.3, 0.4) is 0 Å². The van der Waals surface area contributed by atoms with Crippen LogP contribution >= 0.6 is 7.60 Å². The van der Waals surface area contributed by atoms with Crippen LogP contribution in [0, 0.1) is 0 Å². The summed E-state index contributed by atoms with van der Waals surface area (Å²) >= 11 is 0. The van der Waals surface area contributed by atoms with Gasteiger partial charge >= 0.3 is 7.60 Å². The van der Waals surface area contributed by atoms with E-state index in [9.17, 15) is 9.36 Å². The van der Waals surface area contributed by atoms with Gasteiger partial charge in [0.25, 0.3) is 0 Å². The smallest absolute Gasteiger partial charge is 0.327 e. The molecule has 16 heavy (non-hydrogen) atoms. The molecule has 0 fully saturated rings. The summed E-state index contributed by atoms with van der Waals surface area (Å²) in [5.41, 5.74) is 0.391. The predicted molar refractivity (Wildman–Crippen MR) is 63.2 cm³/mol. The maximum Gasteiger partial charge on any atom is 0.327 e. The van der Waals surface area contributed by atoms with Gasteiger partial charge in [-0.25, -0.2) is 0 Å². The van der Waals surface area contributed by atoms with Gasteiger partial charge in [0.05, 0.1) is 6.16 Å². The highest BCUT2D eigenvalue weighted by molar-refractivity contribution is 7.51. The van der Waals surface area contributed by atoms with Crippen molar-refractivity contribution in [1.82, 2.24) is 4.90 Å². The van der Waals surface area contributed by atoms with E-state index in [0.29, 0.717) is 12.1 Å². The standard InChI is InChI=1S/C10H20NO4P/c1-4-5-6-11(10(12)9(2)3)7-8-16(13,14)15/h2,4-8H2,1,3H3,(H2,13,14,15). The van der Waals surface area contributed by atoms with Gasteiger partial charge < -0.3 is 14.7 Å². The van der Waals surface area contributed by atoms with Crippen LogP contribution in [-0.2, 0) is 9.36 Å².